The number of rotatable bonds is 6. The van der Waals surface area contributed by atoms with Crippen molar-refractivity contribution in [3.63, 3.8) is 0 Å². The first-order valence-electron chi connectivity index (χ1n) is 8.78. The first kappa shape index (κ1) is 16.7. The Kier molecular flexibility index (Phi) is 5.30. The van der Waals surface area contributed by atoms with Gasteiger partial charge in [-0.05, 0) is 58.3 Å². The van der Waals surface area contributed by atoms with E-state index in [0.717, 1.165) is 29.8 Å². The van der Waals surface area contributed by atoms with E-state index in [-0.39, 0.29) is 5.91 Å². The van der Waals surface area contributed by atoms with Crippen LogP contribution in [0.25, 0.3) is 11.3 Å². The highest BCUT2D eigenvalue weighted by Crippen LogP contribution is 2.28. The molecule has 1 fully saturated rings. The number of H-pyrrole nitrogens is 1. The Morgan fingerprint density at radius 2 is 2.00 bits per heavy atom. The second-order valence-corrected chi connectivity index (χ2v) is 6.59. The van der Waals surface area contributed by atoms with Crippen molar-refractivity contribution < 1.29 is 4.79 Å². The lowest BCUT2D eigenvalue weighted by atomic mass is 10.0. The molecule has 1 aliphatic rings. The van der Waals surface area contributed by atoms with Crippen molar-refractivity contribution >= 4 is 11.7 Å². The molecule has 3 rings (SSSR count). The molecule has 0 aliphatic carbocycles. The molecule has 1 saturated heterocycles. The quantitative estimate of drug-likeness (QED) is 0.854. The SMILES string of the molecule is Cc1ccccc1-c1[nH]nc(NC(=O)CCCN2CCCC2)c1C. The molecule has 5 nitrogen and oxygen atoms in total. The maximum atomic E-state index is 12.2. The van der Waals surface area contributed by atoms with Crippen molar-refractivity contribution in [2.75, 3.05) is 25.0 Å². The number of likely N-dealkylation sites (tertiary alicyclic amines) is 1. The average molecular weight is 326 g/mol. The summed E-state index contributed by atoms with van der Waals surface area (Å²) in [6.07, 6.45) is 4.03. The molecule has 0 radical (unpaired) electrons. The molecule has 1 aromatic carbocycles. The minimum absolute atomic E-state index is 0.0418. The summed E-state index contributed by atoms with van der Waals surface area (Å²) in [7, 11) is 0. The summed E-state index contributed by atoms with van der Waals surface area (Å²) in [4.78, 5) is 14.6. The molecule has 1 amide bonds. The summed E-state index contributed by atoms with van der Waals surface area (Å²) in [6.45, 7) is 7.44. The Balaban J connectivity index is 1.57. The number of aromatic amines is 1. The predicted octanol–water partition coefficient (Wildman–Crippen LogP) is 3.51. The van der Waals surface area contributed by atoms with E-state index in [0.29, 0.717) is 12.2 Å². The van der Waals surface area contributed by atoms with E-state index >= 15 is 0 Å². The summed E-state index contributed by atoms with van der Waals surface area (Å²) in [5.74, 6) is 0.680. The van der Waals surface area contributed by atoms with Gasteiger partial charge in [-0.25, -0.2) is 0 Å². The number of carbonyl (C=O) groups is 1. The maximum Gasteiger partial charge on any atom is 0.225 e. The molecule has 24 heavy (non-hydrogen) atoms. The zero-order valence-electron chi connectivity index (χ0n) is 14.6. The number of nitrogens with zero attached hydrogens (tertiary/aromatic N) is 2. The van der Waals surface area contributed by atoms with Gasteiger partial charge in [-0.1, -0.05) is 24.3 Å². The normalized spacial score (nSPS) is 14.9. The number of aromatic nitrogens is 2. The van der Waals surface area contributed by atoms with Crippen molar-refractivity contribution in [3.8, 4) is 11.3 Å². The van der Waals surface area contributed by atoms with Gasteiger partial charge in [0.25, 0.3) is 0 Å². The Morgan fingerprint density at radius 1 is 1.25 bits per heavy atom. The van der Waals surface area contributed by atoms with Crippen molar-refractivity contribution in [2.45, 2.75) is 39.5 Å². The Bertz CT molecular complexity index is 701. The highest BCUT2D eigenvalue weighted by Gasteiger charge is 2.15. The monoisotopic (exact) mass is 326 g/mol. The molecule has 0 spiro atoms. The van der Waals surface area contributed by atoms with Gasteiger partial charge in [0.05, 0.1) is 5.69 Å². The molecule has 5 heteroatoms. The lowest BCUT2D eigenvalue weighted by Gasteiger charge is -2.13. The van der Waals surface area contributed by atoms with Gasteiger partial charge < -0.3 is 10.2 Å². The molecule has 0 bridgehead atoms. The standard InChI is InChI=1S/C19H26N4O/c1-14-8-3-4-9-16(14)18-15(2)19(22-21-18)20-17(24)10-7-13-23-11-5-6-12-23/h3-4,8-9H,5-7,10-13H2,1-2H3,(H2,20,21,22,24). The zero-order chi connectivity index (χ0) is 16.9. The molecule has 0 atom stereocenters. The average Bonchev–Trinajstić information content (AvgIpc) is 3.19. The molecule has 0 unspecified atom stereocenters. The summed E-state index contributed by atoms with van der Waals surface area (Å²) in [5.41, 5.74) is 4.27. The third kappa shape index (κ3) is 3.85. The van der Waals surface area contributed by atoms with E-state index in [1.807, 2.05) is 19.1 Å². The molecular weight excluding hydrogens is 300 g/mol. The fourth-order valence-corrected chi connectivity index (χ4v) is 3.30. The smallest absolute Gasteiger partial charge is 0.225 e. The van der Waals surface area contributed by atoms with Crippen LogP contribution >= 0.6 is 0 Å². The summed E-state index contributed by atoms with van der Waals surface area (Å²) in [6, 6.07) is 8.18. The second kappa shape index (κ2) is 7.62. The first-order valence-corrected chi connectivity index (χ1v) is 8.78. The van der Waals surface area contributed by atoms with Gasteiger partial charge in [-0.2, -0.15) is 5.10 Å². The largest absolute Gasteiger partial charge is 0.309 e. The van der Waals surface area contributed by atoms with Gasteiger partial charge >= 0.3 is 0 Å². The highest BCUT2D eigenvalue weighted by atomic mass is 16.1. The second-order valence-electron chi connectivity index (χ2n) is 6.59. The van der Waals surface area contributed by atoms with Gasteiger partial charge in [0.1, 0.15) is 0 Å². The number of hydrogen-bond acceptors (Lipinski definition) is 3. The van der Waals surface area contributed by atoms with Crippen LogP contribution in [0.3, 0.4) is 0 Å². The van der Waals surface area contributed by atoms with Crippen LogP contribution in [-0.2, 0) is 4.79 Å². The minimum Gasteiger partial charge on any atom is -0.309 e. The van der Waals surface area contributed by atoms with E-state index in [1.165, 1.54) is 31.5 Å². The zero-order valence-corrected chi connectivity index (χ0v) is 14.6. The molecule has 2 N–H and O–H groups in total. The van der Waals surface area contributed by atoms with Crippen LogP contribution in [0.15, 0.2) is 24.3 Å². The maximum absolute atomic E-state index is 12.2. The minimum atomic E-state index is 0.0418. The van der Waals surface area contributed by atoms with Crippen LogP contribution in [0.2, 0.25) is 0 Å². The molecule has 2 heterocycles. The number of carbonyl (C=O) groups excluding carboxylic acids is 1. The number of aryl methyl sites for hydroxylation is 1. The first-order chi connectivity index (χ1) is 11.6. The number of nitrogens with one attached hydrogen (secondary N) is 2. The van der Waals surface area contributed by atoms with Gasteiger partial charge in [-0.3, -0.25) is 9.89 Å². The molecule has 1 aliphatic heterocycles. The van der Waals surface area contributed by atoms with Crippen LogP contribution < -0.4 is 5.32 Å². The van der Waals surface area contributed by atoms with E-state index in [1.54, 1.807) is 0 Å². The van der Waals surface area contributed by atoms with Crippen molar-refractivity contribution in [1.82, 2.24) is 15.1 Å². The van der Waals surface area contributed by atoms with E-state index in [2.05, 4.69) is 39.5 Å². The lowest BCUT2D eigenvalue weighted by molar-refractivity contribution is -0.116. The Labute approximate surface area is 143 Å². The van der Waals surface area contributed by atoms with Crippen molar-refractivity contribution in [1.29, 1.82) is 0 Å². The predicted molar refractivity (Wildman–Crippen MR) is 97.0 cm³/mol. The molecule has 1 aromatic heterocycles. The van der Waals surface area contributed by atoms with Crippen molar-refractivity contribution in [3.05, 3.63) is 35.4 Å². The van der Waals surface area contributed by atoms with Gasteiger partial charge in [0.2, 0.25) is 5.91 Å². The Morgan fingerprint density at radius 3 is 2.75 bits per heavy atom. The third-order valence-electron chi connectivity index (χ3n) is 4.76. The topological polar surface area (TPSA) is 61.0 Å². The van der Waals surface area contributed by atoms with Gasteiger partial charge in [-0.15, -0.1) is 0 Å². The van der Waals surface area contributed by atoms with Crippen LogP contribution in [0, 0.1) is 13.8 Å². The lowest BCUT2D eigenvalue weighted by Crippen LogP contribution is -2.22. The van der Waals surface area contributed by atoms with E-state index in [9.17, 15) is 4.79 Å². The number of anilines is 1. The number of hydrogen-bond donors (Lipinski definition) is 2. The fraction of sp³-hybridized carbons (Fsp3) is 0.474. The van der Waals surface area contributed by atoms with Crippen LogP contribution in [0.1, 0.15) is 36.8 Å². The van der Waals surface area contributed by atoms with Crippen LogP contribution in [0.5, 0.6) is 0 Å². The molecule has 0 saturated carbocycles. The molecular formula is C19H26N4O. The highest BCUT2D eigenvalue weighted by molar-refractivity contribution is 5.91. The van der Waals surface area contributed by atoms with Gasteiger partial charge in [0.15, 0.2) is 5.82 Å². The third-order valence-corrected chi connectivity index (χ3v) is 4.76. The van der Waals surface area contributed by atoms with Crippen LogP contribution in [-0.4, -0.2) is 40.6 Å². The van der Waals surface area contributed by atoms with Crippen LogP contribution in [0.4, 0.5) is 5.82 Å². The van der Waals surface area contributed by atoms with Gasteiger partial charge in [0, 0.05) is 17.5 Å². The fourth-order valence-electron chi connectivity index (χ4n) is 3.30. The summed E-state index contributed by atoms with van der Waals surface area (Å²) in [5, 5.41) is 10.3. The summed E-state index contributed by atoms with van der Waals surface area (Å²) >= 11 is 0. The molecule has 128 valence electrons. The van der Waals surface area contributed by atoms with E-state index in [4.69, 9.17) is 0 Å². The number of benzene rings is 1. The number of amides is 1. The Hall–Kier alpha value is -2.14. The van der Waals surface area contributed by atoms with E-state index < -0.39 is 0 Å². The van der Waals surface area contributed by atoms with Crippen molar-refractivity contribution in [2.24, 2.45) is 0 Å². The molecule has 2 aromatic rings. The summed E-state index contributed by atoms with van der Waals surface area (Å²) < 4.78 is 0.